The average molecular weight is 241 g/mol. The summed E-state index contributed by atoms with van der Waals surface area (Å²) in [5.74, 6) is 0.163. The molecule has 1 fully saturated rings. The fourth-order valence-electron chi connectivity index (χ4n) is 2.23. The highest BCUT2D eigenvalue weighted by Crippen LogP contribution is 2.13. The lowest BCUT2D eigenvalue weighted by Gasteiger charge is -2.36. The highest BCUT2D eigenvalue weighted by Gasteiger charge is 2.26. The number of likely N-dealkylation sites (tertiary alicyclic amines) is 1. The van der Waals surface area contributed by atoms with Crippen LogP contribution in [0.3, 0.4) is 0 Å². The second-order valence-corrected chi connectivity index (χ2v) is 5.12. The summed E-state index contributed by atoms with van der Waals surface area (Å²) in [5.41, 5.74) is 0. The van der Waals surface area contributed by atoms with Crippen molar-refractivity contribution < 1.29 is 4.79 Å². The zero-order valence-corrected chi connectivity index (χ0v) is 11.6. The highest BCUT2D eigenvalue weighted by molar-refractivity contribution is 5.81. The molecule has 100 valence electrons. The van der Waals surface area contributed by atoms with Gasteiger partial charge in [-0.3, -0.25) is 9.69 Å². The van der Waals surface area contributed by atoms with Crippen molar-refractivity contribution >= 4 is 5.91 Å². The van der Waals surface area contributed by atoms with E-state index in [-0.39, 0.29) is 18.0 Å². The average Bonchev–Trinajstić information content (AvgIpc) is 2.37. The lowest BCUT2D eigenvalue weighted by atomic mass is 10.0. The molecular weight excluding hydrogens is 214 g/mol. The number of piperidine rings is 1. The third kappa shape index (κ3) is 4.28. The van der Waals surface area contributed by atoms with Gasteiger partial charge in [-0.1, -0.05) is 6.92 Å². The lowest BCUT2D eigenvalue weighted by Crippen LogP contribution is -2.53. The van der Waals surface area contributed by atoms with Crippen LogP contribution in [0.4, 0.5) is 0 Å². The molecule has 0 aromatic heterocycles. The van der Waals surface area contributed by atoms with Gasteiger partial charge < -0.3 is 10.6 Å². The Bertz CT molecular complexity index is 245. The molecule has 0 aromatic carbocycles. The monoisotopic (exact) mass is 241 g/mol. The van der Waals surface area contributed by atoms with Gasteiger partial charge in [-0.05, 0) is 46.7 Å². The molecule has 4 heteroatoms. The van der Waals surface area contributed by atoms with Crippen LogP contribution in [-0.4, -0.2) is 49.1 Å². The molecule has 0 bridgehead atoms. The third-order valence-electron chi connectivity index (χ3n) is 3.79. The van der Waals surface area contributed by atoms with E-state index in [1.165, 1.54) is 12.8 Å². The Morgan fingerprint density at radius 1 is 1.47 bits per heavy atom. The van der Waals surface area contributed by atoms with Crippen LogP contribution < -0.4 is 10.6 Å². The van der Waals surface area contributed by atoms with Gasteiger partial charge in [0.05, 0.1) is 6.04 Å². The van der Waals surface area contributed by atoms with E-state index in [0.29, 0.717) is 6.04 Å². The van der Waals surface area contributed by atoms with Gasteiger partial charge in [0.15, 0.2) is 0 Å². The Balaban J connectivity index is 2.45. The fraction of sp³-hybridized carbons (Fsp3) is 0.923. The van der Waals surface area contributed by atoms with Gasteiger partial charge in [0.2, 0.25) is 5.91 Å². The van der Waals surface area contributed by atoms with E-state index < -0.39 is 0 Å². The first-order chi connectivity index (χ1) is 8.08. The summed E-state index contributed by atoms with van der Waals surface area (Å²) < 4.78 is 0. The first-order valence-corrected chi connectivity index (χ1v) is 6.80. The maximum absolute atomic E-state index is 12.0. The van der Waals surface area contributed by atoms with Crippen LogP contribution in [0.15, 0.2) is 0 Å². The zero-order chi connectivity index (χ0) is 12.8. The number of likely N-dealkylation sites (N-methyl/N-ethyl adjacent to an activating group) is 1. The second kappa shape index (κ2) is 6.97. The number of carbonyl (C=O) groups is 1. The molecule has 0 aromatic rings. The summed E-state index contributed by atoms with van der Waals surface area (Å²) in [7, 11) is 2.00. The molecule has 0 spiro atoms. The van der Waals surface area contributed by atoms with Crippen LogP contribution in [-0.2, 0) is 4.79 Å². The lowest BCUT2D eigenvalue weighted by molar-refractivity contribution is -0.127. The van der Waals surface area contributed by atoms with E-state index in [4.69, 9.17) is 0 Å². The van der Waals surface area contributed by atoms with E-state index in [0.717, 1.165) is 19.5 Å². The number of carbonyl (C=O) groups excluding carboxylic acids is 1. The molecule has 1 amide bonds. The van der Waals surface area contributed by atoms with Crippen molar-refractivity contribution in [3.63, 3.8) is 0 Å². The largest absolute Gasteiger partial charge is 0.352 e. The van der Waals surface area contributed by atoms with Gasteiger partial charge in [-0.25, -0.2) is 0 Å². The summed E-state index contributed by atoms with van der Waals surface area (Å²) in [4.78, 5) is 14.3. The molecule has 17 heavy (non-hydrogen) atoms. The molecule has 1 heterocycles. The molecule has 0 saturated carbocycles. The highest BCUT2D eigenvalue weighted by atomic mass is 16.2. The van der Waals surface area contributed by atoms with Crippen molar-refractivity contribution in [3.05, 3.63) is 0 Å². The van der Waals surface area contributed by atoms with E-state index in [1.807, 2.05) is 14.0 Å². The third-order valence-corrected chi connectivity index (χ3v) is 3.79. The summed E-state index contributed by atoms with van der Waals surface area (Å²) in [6, 6.07) is 0.789. The predicted molar refractivity (Wildman–Crippen MR) is 71.0 cm³/mol. The Kier molecular flexibility index (Phi) is 5.92. The van der Waals surface area contributed by atoms with Crippen LogP contribution in [0.1, 0.15) is 40.0 Å². The molecule has 4 nitrogen and oxygen atoms in total. The molecular formula is C13H27N3O. The van der Waals surface area contributed by atoms with Gasteiger partial charge in [0, 0.05) is 18.6 Å². The number of hydrogen-bond donors (Lipinski definition) is 2. The molecule has 3 unspecified atom stereocenters. The van der Waals surface area contributed by atoms with Gasteiger partial charge in [0.25, 0.3) is 0 Å². The predicted octanol–water partition coefficient (Wildman–Crippen LogP) is 0.973. The van der Waals surface area contributed by atoms with Crippen LogP contribution in [0, 0.1) is 0 Å². The zero-order valence-electron chi connectivity index (χ0n) is 11.6. The standard InChI is InChI=1S/C13H27N3O/c1-5-10(2)15-13(17)11(3)16-8-6-7-12(9-16)14-4/h10-12,14H,5-9H2,1-4H3,(H,15,17). The van der Waals surface area contributed by atoms with E-state index in [9.17, 15) is 4.79 Å². The van der Waals surface area contributed by atoms with Crippen LogP contribution in [0.25, 0.3) is 0 Å². The number of nitrogens with one attached hydrogen (secondary N) is 2. The van der Waals surface area contributed by atoms with Gasteiger partial charge in [-0.15, -0.1) is 0 Å². The summed E-state index contributed by atoms with van der Waals surface area (Å²) >= 11 is 0. The van der Waals surface area contributed by atoms with Crippen molar-refractivity contribution in [2.24, 2.45) is 0 Å². The topological polar surface area (TPSA) is 44.4 Å². The van der Waals surface area contributed by atoms with Crippen LogP contribution >= 0.6 is 0 Å². The summed E-state index contributed by atoms with van der Waals surface area (Å²) in [5, 5.41) is 6.36. The Labute approximate surface area is 105 Å². The van der Waals surface area contributed by atoms with Crippen LogP contribution in [0.2, 0.25) is 0 Å². The number of rotatable bonds is 5. The maximum Gasteiger partial charge on any atom is 0.237 e. The SMILES string of the molecule is CCC(C)NC(=O)C(C)N1CCCC(NC)C1. The smallest absolute Gasteiger partial charge is 0.237 e. The summed E-state index contributed by atoms with van der Waals surface area (Å²) in [6.07, 6.45) is 3.37. The van der Waals surface area contributed by atoms with Crippen molar-refractivity contribution in [2.45, 2.75) is 58.2 Å². The minimum Gasteiger partial charge on any atom is -0.352 e. The molecule has 0 radical (unpaired) electrons. The first-order valence-electron chi connectivity index (χ1n) is 6.80. The van der Waals surface area contributed by atoms with Crippen molar-refractivity contribution in [2.75, 3.05) is 20.1 Å². The van der Waals surface area contributed by atoms with Crippen molar-refractivity contribution in [3.8, 4) is 0 Å². The number of nitrogens with zero attached hydrogens (tertiary/aromatic N) is 1. The molecule has 0 aliphatic carbocycles. The van der Waals surface area contributed by atoms with Crippen molar-refractivity contribution in [1.29, 1.82) is 0 Å². The van der Waals surface area contributed by atoms with Gasteiger partial charge in [0.1, 0.15) is 0 Å². The molecule has 1 aliphatic heterocycles. The normalized spacial score (nSPS) is 25.3. The summed E-state index contributed by atoms with van der Waals surface area (Å²) in [6.45, 7) is 8.17. The molecule has 1 aliphatic rings. The van der Waals surface area contributed by atoms with E-state index in [2.05, 4.69) is 29.4 Å². The van der Waals surface area contributed by atoms with Crippen molar-refractivity contribution in [1.82, 2.24) is 15.5 Å². The van der Waals surface area contributed by atoms with E-state index >= 15 is 0 Å². The Morgan fingerprint density at radius 2 is 2.18 bits per heavy atom. The minimum atomic E-state index is -0.0138. The maximum atomic E-state index is 12.0. The van der Waals surface area contributed by atoms with Gasteiger partial charge >= 0.3 is 0 Å². The second-order valence-electron chi connectivity index (χ2n) is 5.12. The molecule has 1 saturated heterocycles. The molecule has 1 rings (SSSR count). The fourth-order valence-corrected chi connectivity index (χ4v) is 2.23. The van der Waals surface area contributed by atoms with E-state index in [1.54, 1.807) is 0 Å². The minimum absolute atomic E-state index is 0.0138. The number of amides is 1. The van der Waals surface area contributed by atoms with Crippen LogP contribution in [0.5, 0.6) is 0 Å². The Hall–Kier alpha value is -0.610. The first kappa shape index (κ1) is 14.5. The number of hydrogen-bond acceptors (Lipinski definition) is 3. The molecule has 2 N–H and O–H groups in total. The Morgan fingerprint density at radius 3 is 2.76 bits per heavy atom. The molecule has 3 atom stereocenters. The van der Waals surface area contributed by atoms with Gasteiger partial charge in [-0.2, -0.15) is 0 Å². The quantitative estimate of drug-likeness (QED) is 0.754.